The Bertz CT molecular complexity index is 121. The van der Waals surface area contributed by atoms with Gasteiger partial charge >= 0.3 is 5.97 Å². The van der Waals surface area contributed by atoms with Gasteiger partial charge in [0.15, 0.2) is 6.10 Å². The summed E-state index contributed by atoms with van der Waals surface area (Å²) in [6.45, 7) is 2.58. The summed E-state index contributed by atoms with van der Waals surface area (Å²) in [5.41, 5.74) is 0. The Kier molecular flexibility index (Phi) is 1.71. The second-order valence-corrected chi connectivity index (χ2v) is 2.50. The van der Waals surface area contributed by atoms with Gasteiger partial charge in [0.2, 0.25) is 0 Å². The molecule has 0 saturated carbocycles. The van der Waals surface area contributed by atoms with Crippen LogP contribution in [0.2, 0.25) is 0 Å². The monoisotopic (exact) mass is 130 g/mol. The molecular formula is C6H10O3. The Morgan fingerprint density at radius 3 is 2.67 bits per heavy atom. The summed E-state index contributed by atoms with van der Waals surface area (Å²) in [6, 6.07) is 0. The highest BCUT2D eigenvalue weighted by atomic mass is 16.5. The van der Waals surface area contributed by atoms with Crippen LogP contribution in [0.3, 0.4) is 0 Å². The van der Waals surface area contributed by atoms with Crippen LogP contribution in [0.25, 0.3) is 0 Å². The third-order valence-corrected chi connectivity index (χ3v) is 1.47. The standard InChI is InChI=1S/C6H10O3/c1-4-2-5(6(7)8)9-3-4/h4-5H,2-3H2,1H3,(H,7,8)/t4-,5-/m0/s1. The van der Waals surface area contributed by atoms with Gasteiger partial charge in [0, 0.05) is 0 Å². The molecule has 0 bridgehead atoms. The zero-order chi connectivity index (χ0) is 6.85. The van der Waals surface area contributed by atoms with Crippen LogP contribution in [0.15, 0.2) is 0 Å². The summed E-state index contributed by atoms with van der Waals surface area (Å²) in [4.78, 5) is 10.2. The van der Waals surface area contributed by atoms with Crippen molar-refractivity contribution in [2.24, 2.45) is 5.92 Å². The number of hydrogen-bond acceptors (Lipinski definition) is 2. The lowest BCUT2D eigenvalue weighted by molar-refractivity contribution is -0.147. The maximum absolute atomic E-state index is 10.2. The van der Waals surface area contributed by atoms with Crippen LogP contribution < -0.4 is 0 Å². The summed E-state index contributed by atoms with van der Waals surface area (Å²) < 4.78 is 4.93. The van der Waals surface area contributed by atoms with Gasteiger partial charge in [0.25, 0.3) is 0 Å². The lowest BCUT2D eigenvalue weighted by atomic mass is 10.1. The van der Waals surface area contributed by atoms with Crippen molar-refractivity contribution in [2.45, 2.75) is 19.4 Å². The van der Waals surface area contributed by atoms with E-state index < -0.39 is 12.1 Å². The van der Waals surface area contributed by atoms with Crippen LogP contribution in [-0.2, 0) is 9.53 Å². The van der Waals surface area contributed by atoms with Crippen molar-refractivity contribution in [1.82, 2.24) is 0 Å². The second-order valence-electron chi connectivity index (χ2n) is 2.50. The van der Waals surface area contributed by atoms with E-state index in [1.165, 1.54) is 0 Å². The van der Waals surface area contributed by atoms with Crippen molar-refractivity contribution in [1.29, 1.82) is 0 Å². The predicted molar refractivity (Wildman–Crippen MR) is 31.2 cm³/mol. The van der Waals surface area contributed by atoms with Gasteiger partial charge in [0.1, 0.15) is 0 Å². The van der Waals surface area contributed by atoms with Gasteiger partial charge < -0.3 is 9.84 Å². The minimum Gasteiger partial charge on any atom is -0.479 e. The summed E-state index contributed by atoms with van der Waals surface area (Å²) >= 11 is 0. The largest absolute Gasteiger partial charge is 0.479 e. The van der Waals surface area contributed by atoms with Crippen molar-refractivity contribution < 1.29 is 14.6 Å². The number of carboxylic acids is 1. The van der Waals surface area contributed by atoms with Gasteiger partial charge in [-0.1, -0.05) is 6.92 Å². The SMILES string of the molecule is C[C@@H]1CO[C@H](C(=O)O)C1. The molecule has 0 aromatic carbocycles. The van der Waals surface area contributed by atoms with Gasteiger partial charge in [-0.05, 0) is 12.3 Å². The molecule has 0 aliphatic carbocycles. The number of carboxylic acid groups (broad SMARTS) is 1. The van der Waals surface area contributed by atoms with Gasteiger partial charge in [-0.2, -0.15) is 0 Å². The van der Waals surface area contributed by atoms with Crippen molar-refractivity contribution in [3.05, 3.63) is 0 Å². The van der Waals surface area contributed by atoms with Crippen LogP contribution in [0.5, 0.6) is 0 Å². The predicted octanol–water partition coefficient (Wildman–Crippen LogP) is 0.496. The Hall–Kier alpha value is -0.570. The maximum atomic E-state index is 10.2. The zero-order valence-electron chi connectivity index (χ0n) is 5.33. The fraction of sp³-hybridized carbons (Fsp3) is 0.833. The van der Waals surface area contributed by atoms with Crippen molar-refractivity contribution in [3.8, 4) is 0 Å². The molecule has 0 radical (unpaired) electrons. The molecule has 1 saturated heterocycles. The molecule has 1 N–H and O–H groups in total. The molecule has 52 valence electrons. The van der Waals surface area contributed by atoms with Crippen LogP contribution in [0.1, 0.15) is 13.3 Å². The summed E-state index contributed by atoms with van der Waals surface area (Å²) in [5.74, 6) is -0.426. The minimum absolute atomic E-state index is 0.408. The minimum atomic E-state index is -0.834. The van der Waals surface area contributed by atoms with Crippen LogP contribution >= 0.6 is 0 Å². The molecule has 2 atom stereocenters. The summed E-state index contributed by atoms with van der Waals surface area (Å²) in [5, 5.41) is 8.41. The molecule has 1 aliphatic heterocycles. The van der Waals surface area contributed by atoms with E-state index in [4.69, 9.17) is 9.84 Å². The second kappa shape index (κ2) is 2.35. The van der Waals surface area contributed by atoms with E-state index in [2.05, 4.69) is 0 Å². The lowest BCUT2D eigenvalue weighted by Crippen LogP contribution is -2.17. The van der Waals surface area contributed by atoms with E-state index >= 15 is 0 Å². The van der Waals surface area contributed by atoms with Crippen LogP contribution in [-0.4, -0.2) is 23.8 Å². The van der Waals surface area contributed by atoms with E-state index in [0.717, 1.165) is 0 Å². The highest BCUT2D eigenvalue weighted by Gasteiger charge is 2.27. The molecule has 3 heteroatoms. The van der Waals surface area contributed by atoms with Crippen molar-refractivity contribution >= 4 is 5.97 Å². The normalized spacial score (nSPS) is 34.8. The molecule has 1 aliphatic rings. The molecule has 1 rings (SSSR count). The van der Waals surface area contributed by atoms with Gasteiger partial charge in [-0.15, -0.1) is 0 Å². The molecule has 1 fully saturated rings. The van der Waals surface area contributed by atoms with Gasteiger partial charge in [-0.3, -0.25) is 0 Å². The number of rotatable bonds is 1. The van der Waals surface area contributed by atoms with Crippen LogP contribution in [0, 0.1) is 5.92 Å². The summed E-state index contributed by atoms with van der Waals surface area (Å²) in [7, 11) is 0. The molecule has 0 spiro atoms. The first-order valence-electron chi connectivity index (χ1n) is 3.04. The molecule has 9 heavy (non-hydrogen) atoms. The number of aliphatic carboxylic acids is 1. The van der Waals surface area contributed by atoms with E-state index in [-0.39, 0.29) is 0 Å². The molecule has 0 aromatic rings. The van der Waals surface area contributed by atoms with Gasteiger partial charge in [-0.25, -0.2) is 4.79 Å². The third kappa shape index (κ3) is 1.42. The lowest BCUT2D eigenvalue weighted by Gasteiger charge is -1.99. The first kappa shape index (κ1) is 6.55. The van der Waals surface area contributed by atoms with Crippen molar-refractivity contribution in [2.75, 3.05) is 6.61 Å². The average Bonchev–Trinajstić information content (AvgIpc) is 2.14. The molecule has 1 heterocycles. The van der Waals surface area contributed by atoms with Gasteiger partial charge in [0.05, 0.1) is 6.61 Å². The first-order chi connectivity index (χ1) is 4.20. The first-order valence-corrected chi connectivity index (χ1v) is 3.04. The Morgan fingerprint density at radius 1 is 1.78 bits per heavy atom. The molecule has 0 aromatic heterocycles. The fourth-order valence-corrected chi connectivity index (χ4v) is 0.954. The Morgan fingerprint density at radius 2 is 2.44 bits per heavy atom. The average molecular weight is 130 g/mol. The smallest absolute Gasteiger partial charge is 0.332 e. The quantitative estimate of drug-likeness (QED) is 0.562. The Labute approximate surface area is 53.6 Å². The highest BCUT2D eigenvalue weighted by molar-refractivity contribution is 5.72. The number of ether oxygens (including phenoxy) is 1. The molecule has 3 nitrogen and oxygen atoms in total. The van der Waals surface area contributed by atoms with Crippen LogP contribution in [0.4, 0.5) is 0 Å². The van der Waals surface area contributed by atoms with E-state index in [9.17, 15) is 4.79 Å². The zero-order valence-corrected chi connectivity index (χ0v) is 5.33. The van der Waals surface area contributed by atoms with E-state index in [0.29, 0.717) is 18.9 Å². The number of carbonyl (C=O) groups is 1. The third-order valence-electron chi connectivity index (χ3n) is 1.47. The Balaban J connectivity index is 2.39. The molecular weight excluding hydrogens is 120 g/mol. The van der Waals surface area contributed by atoms with Crippen molar-refractivity contribution in [3.63, 3.8) is 0 Å². The van der Waals surface area contributed by atoms with E-state index in [1.54, 1.807) is 0 Å². The maximum Gasteiger partial charge on any atom is 0.332 e. The highest BCUT2D eigenvalue weighted by Crippen LogP contribution is 2.18. The summed E-state index contributed by atoms with van der Waals surface area (Å²) in [6.07, 6.45) is 0.120. The number of hydrogen-bond donors (Lipinski definition) is 1. The topological polar surface area (TPSA) is 46.5 Å². The molecule has 0 amide bonds. The molecule has 0 unspecified atom stereocenters. The fourth-order valence-electron chi connectivity index (χ4n) is 0.954. The van der Waals surface area contributed by atoms with E-state index in [1.807, 2.05) is 6.92 Å².